The Bertz CT molecular complexity index is 1050. The molecule has 27 heavy (non-hydrogen) atoms. The molecule has 0 bridgehead atoms. The van der Waals surface area contributed by atoms with Crippen molar-refractivity contribution in [2.24, 2.45) is 11.1 Å². The molecule has 0 saturated carbocycles. The van der Waals surface area contributed by atoms with Crippen molar-refractivity contribution in [2.75, 3.05) is 0 Å². The molecule has 144 valence electrons. The number of nitrogens with zero attached hydrogens (tertiary/aromatic N) is 2. The number of aromatic nitrogens is 2. The average molecular weight is 424 g/mol. The summed E-state index contributed by atoms with van der Waals surface area (Å²) < 4.78 is 26.4. The fraction of sp³-hybridized carbons (Fsp3) is 0.316. The molecule has 0 saturated heterocycles. The Hall–Kier alpha value is -1.67. The molecule has 5 nitrogen and oxygen atoms in total. The topological polar surface area (TPSA) is 78.0 Å². The summed E-state index contributed by atoms with van der Waals surface area (Å²) in [5, 5.41) is 5.94. The van der Waals surface area contributed by atoms with Gasteiger partial charge in [0.1, 0.15) is 4.21 Å². The van der Waals surface area contributed by atoms with Crippen LogP contribution in [0.15, 0.2) is 40.9 Å². The molecule has 3 rings (SSSR count). The lowest BCUT2D eigenvalue weighted by molar-refractivity contribution is 0.600. The zero-order chi connectivity index (χ0) is 19.8. The van der Waals surface area contributed by atoms with Gasteiger partial charge in [0, 0.05) is 29.4 Å². The third-order valence-electron chi connectivity index (χ3n) is 4.33. The van der Waals surface area contributed by atoms with Crippen LogP contribution in [0.4, 0.5) is 0 Å². The van der Waals surface area contributed by atoms with E-state index in [0.29, 0.717) is 23.3 Å². The third-order valence-corrected chi connectivity index (χ3v) is 7.42. The predicted octanol–water partition coefficient (Wildman–Crippen LogP) is 4.47. The summed E-state index contributed by atoms with van der Waals surface area (Å²) in [5.41, 5.74) is 3.60. The van der Waals surface area contributed by atoms with Crippen molar-refractivity contribution in [2.45, 2.75) is 37.9 Å². The summed E-state index contributed by atoms with van der Waals surface area (Å²) in [7, 11) is -3.79. The molecule has 0 atom stereocenters. The van der Waals surface area contributed by atoms with Crippen molar-refractivity contribution in [3.05, 3.63) is 57.9 Å². The Balaban J connectivity index is 2.00. The smallest absolute Gasteiger partial charge is 0.248 e. The molecular weight excluding hydrogens is 402 g/mol. The van der Waals surface area contributed by atoms with Crippen molar-refractivity contribution in [1.82, 2.24) is 9.55 Å². The lowest BCUT2D eigenvalue weighted by Gasteiger charge is -2.08. The van der Waals surface area contributed by atoms with Gasteiger partial charge in [0.25, 0.3) is 0 Å². The first-order chi connectivity index (χ1) is 12.7. The van der Waals surface area contributed by atoms with Crippen LogP contribution < -0.4 is 5.14 Å². The number of primary sulfonamides is 1. The van der Waals surface area contributed by atoms with Gasteiger partial charge in [0.15, 0.2) is 0 Å². The van der Waals surface area contributed by atoms with Crippen LogP contribution in [-0.4, -0.2) is 18.0 Å². The number of thiophene rings is 1. The zero-order valence-electron chi connectivity index (χ0n) is 15.4. The first-order valence-electron chi connectivity index (χ1n) is 8.57. The standard InChI is InChI=1S/C19H22ClN3O2S2/c1-12(2)10-16-13(3)17(18(26-16)27(21,24)25)15-6-4-14(5-7-15)11-23-9-8-22-19(23)20/h4-9,12H,10-11H2,1-3H3,(H2,21,24,25). The maximum atomic E-state index is 12.2. The Kier molecular flexibility index (Phi) is 5.76. The highest BCUT2D eigenvalue weighted by atomic mass is 35.5. The minimum absolute atomic E-state index is 0.237. The molecule has 3 aromatic rings. The highest BCUT2D eigenvalue weighted by molar-refractivity contribution is 7.91. The van der Waals surface area contributed by atoms with Crippen molar-refractivity contribution >= 4 is 33.0 Å². The molecule has 0 aliphatic heterocycles. The molecular formula is C19H22ClN3O2S2. The van der Waals surface area contributed by atoms with Crippen molar-refractivity contribution in [3.8, 4) is 11.1 Å². The van der Waals surface area contributed by atoms with E-state index in [0.717, 1.165) is 28.0 Å². The zero-order valence-corrected chi connectivity index (χ0v) is 17.8. The van der Waals surface area contributed by atoms with Gasteiger partial charge in [0.05, 0.1) is 0 Å². The van der Waals surface area contributed by atoms with Gasteiger partial charge in [-0.1, -0.05) is 38.1 Å². The highest BCUT2D eigenvalue weighted by Crippen LogP contribution is 2.39. The van der Waals surface area contributed by atoms with E-state index >= 15 is 0 Å². The molecule has 0 aliphatic rings. The van der Waals surface area contributed by atoms with Crippen molar-refractivity contribution in [3.63, 3.8) is 0 Å². The lowest BCUT2D eigenvalue weighted by Crippen LogP contribution is -2.11. The highest BCUT2D eigenvalue weighted by Gasteiger charge is 2.24. The van der Waals surface area contributed by atoms with Gasteiger partial charge in [-0.05, 0) is 47.6 Å². The van der Waals surface area contributed by atoms with Crippen LogP contribution in [0.5, 0.6) is 0 Å². The number of rotatable bonds is 6. The average Bonchev–Trinajstić information content (AvgIpc) is 3.12. The lowest BCUT2D eigenvalue weighted by atomic mass is 9.99. The van der Waals surface area contributed by atoms with Gasteiger partial charge < -0.3 is 4.57 Å². The van der Waals surface area contributed by atoms with E-state index in [9.17, 15) is 8.42 Å². The van der Waals surface area contributed by atoms with Crippen LogP contribution in [0.25, 0.3) is 11.1 Å². The largest absolute Gasteiger partial charge is 0.317 e. The maximum absolute atomic E-state index is 12.2. The number of imidazole rings is 1. The van der Waals surface area contributed by atoms with Crippen LogP contribution >= 0.6 is 22.9 Å². The number of nitrogens with two attached hydrogens (primary N) is 1. The number of halogens is 1. The second-order valence-corrected chi connectivity index (χ2v) is 10.2. The predicted molar refractivity (Wildman–Crippen MR) is 111 cm³/mol. The van der Waals surface area contributed by atoms with E-state index < -0.39 is 10.0 Å². The summed E-state index contributed by atoms with van der Waals surface area (Å²) in [5.74, 6) is 0.436. The van der Waals surface area contributed by atoms with Gasteiger partial charge in [0.2, 0.25) is 15.3 Å². The normalized spacial score (nSPS) is 12.1. The van der Waals surface area contributed by atoms with E-state index in [1.165, 1.54) is 11.3 Å². The number of hydrogen-bond acceptors (Lipinski definition) is 4. The van der Waals surface area contributed by atoms with Crippen molar-refractivity contribution < 1.29 is 8.42 Å². The fourth-order valence-corrected chi connectivity index (χ4v) is 5.80. The minimum atomic E-state index is -3.79. The molecule has 2 N–H and O–H groups in total. The van der Waals surface area contributed by atoms with Crippen LogP contribution in [0, 0.1) is 12.8 Å². The van der Waals surface area contributed by atoms with Gasteiger partial charge in [-0.3, -0.25) is 0 Å². The van der Waals surface area contributed by atoms with E-state index in [-0.39, 0.29) is 4.21 Å². The van der Waals surface area contributed by atoms with Gasteiger partial charge in [-0.15, -0.1) is 11.3 Å². The molecule has 0 unspecified atom stereocenters. The molecule has 1 aromatic carbocycles. The first kappa shape index (κ1) is 20.1. The molecule has 0 fully saturated rings. The summed E-state index contributed by atoms with van der Waals surface area (Å²) in [6.07, 6.45) is 4.30. The summed E-state index contributed by atoms with van der Waals surface area (Å²) >= 11 is 7.31. The first-order valence-corrected chi connectivity index (χ1v) is 11.3. The Labute approximate surface area is 168 Å². The second-order valence-electron chi connectivity index (χ2n) is 6.98. The van der Waals surface area contributed by atoms with Crippen LogP contribution in [-0.2, 0) is 23.0 Å². The Morgan fingerprint density at radius 1 is 1.26 bits per heavy atom. The molecule has 0 amide bonds. The second kappa shape index (κ2) is 7.75. The van der Waals surface area contributed by atoms with Crippen molar-refractivity contribution in [1.29, 1.82) is 0 Å². The number of hydrogen-bond donors (Lipinski definition) is 1. The molecule has 2 heterocycles. The Morgan fingerprint density at radius 2 is 1.93 bits per heavy atom. The molecule has 8 heteroatoms. The summed E-state index contributed by atoms with van der Waals surface area (Å²) in [4.78, 5) is 5.07. The summed E-state index contributed by atoms with van der Waals surface area (Å²) in [6.45, 7) is 6.80. The van der Waals surface area contributed by atoms with Gasteiger partial charge in [-0.25, -0.2) is 18.5 Å². The monoisotopic (exact) mass is 423 g/mol. The fourth-order valence-electron chi connectivity index (χ4n) is 3.03. The number of benzene rings is 1. The molecule has 0 spiro atoms. The molecule has 2 aromatic heterocycles. The van der Waals surface area contributed by atoms with Gasteiger partial charge in [-0.2, -0.15) is 0 Å². The minimum Gasteiger partial charge on any atom is -0.317 e. The Morgan fingerprint density at radius 3 is 2.44 bits per heavy atom. The van der Waals surface area contributed by atoms with E-state index in [2.05, 4.69) is 18.8 Å². The molecule has 0 radical (unpaired) electrons. The SMILES string of the molecule is Cc1c(CC(C)C)sc(S(N)(=O)=O)c1-c1ccc(Cn2ccnc2Cl)cc1. The molecule has 0 aliphatic carbocycles. The van der Waals surface area contributed by atoms with E-state index in [4.69, 9.17) is 16.7 Å². The van der Waals surface area contributed by atoms with Gasteiger partial charge >= 0.3 is 0 Å². The van der Waals surface area contributed by atoms with Crippen LogP contribution in [0.3, 0.4) is 0 Å². The van der Waals surface area contributed by atoms with Crippen LogP contribution in [0.2, 0.25) is 5.28 Å². The quantitative estimate of drug-likeness (QED) is 0.635. The third kappa shape index (κ3) is 4.43. The van der Waals surface area contributed by atoms with Crippen LogP contribution in [0.1, 0.15) is 29.9 Å². The maximum Gasteiger partial charge on any atom is 0.248 e. The van der Waals surface area contributed by atoms with E-state index in [1.807, 2.05) is 42.0 Å². The summed E-state index contributed by atoms with van der Waals surface area (Å²) in [6, 6.07) is 7.81. The van der Waals surface area contributed by atoms with E-state index in [1.54, 1.807) is 6.20 Å². The number of sulfonamides is 1.